The SMILES string of the molecule is CCCCCOc1ccc(C2C(=C(O)c3c(C)nc4ccccn34)C(=O)C(=O)N2c2nc(C)c(C(=O)OC)s2)cc1OCC. The molecule has 5 rings (SSSR count). The van der Waals surface area contributed by atoms with E-state index in [0.29, 0.717) is 47.3 Å². The van der Waals surface area contributed by atoms with E-state index in [-0.39, 0.29) is 27.0 Å². The lowest BCUT2D eigenvalue weighted by Crippen LogP contribution is -2.29. The van der Waals surface area contributed by atoms with Crippen LogP contribution < -0.4 is 14.4 Å². The lowest BCUT2D eigenvalue weighted by Gasteiger charge is -2.24. The number of fused-ring (bicyclic) bond motifs is 1. The molecule has 0 radical (unpaired) electrons. The molecule has 12 heteroatoms. The molecule has 1 N–H and O–H groups in total. The number of benzene rings is 1. The minimum atomic E-state index is -1.10. The molecule has 1 saturated heterocycles. The molecule has 1 aliphatic rings. The number of amides is 1. The quantitative estimate of drug-likeness (QED) is 0.0729. The Hall–Kier alpha value is -4.71. The van der Waals surface area contributed by atoms with Crippen molar-refractivity contribution in [2.24, 2.45) is 0 Å². The summed E-state index contributed by atoms with van der Waals surface area (Å²) in [5, 5.41) is 11.9. The number of rotatable bonds is 11. The van der Waals surface area contributed by atoms with Gasteiger partial charge in [0.15, 0.2) is 22.4 Å². The predicted octanol–water partition coefficient (Wildman–Crippen LogP) is 5.79. The number of aliphatic hydroxyl groups is 1. The second-order valence-corrected chi connectivity index (χ2v) is 11.2. The van der Waals surface area contributed by atoms with Crippen LogP contribution in [0.3, 0.4) is 0 Å². The molecule has 11 nitrogen and oxygen atoms in total. The van der Waals surface area contributed by atoms with E-state index < -0.39 is 23.7 Å². The van der Waals surface area contributed by atoms with Gasteiger partial charge in [0.25, 0.3) is 5.78 Å². The van der Waals surface area contributed by atoms with Crippen LogP contribution in [0.4, 0.5) is 5.13 Å². The van der Waals surface area contributed by atoms with E-state index in [1.165, 1.54) is 12.0 Å². The van der Waals surface area contributed by atoms with Crippen molar-refractivity contribution < 1.29 is 33.7 Å². The Kier molecular flexibility index (Phi) is 9.00. The molecule has 1 aromatic carbocycles. The van der Waals surface area contributed by atoms with Gasteiger partial charge in [0.1, 0.15) is 16.2 Å². The Morgan fingerprint density at radius 2 is 1.82 bits per heavy atom. The van der Waals surface area contributed by atoms with E-state index in [1.54, 1.807) is 54.8 Å². The molecule has 3 aromatic heterocycles. The van der Waals surface area contributed by atoms with Crippen LogP contribution in [-0.2, 0) is 14.3 Å². The summed E-state index contributed by atoms with van der Waals surface area (Å²) >= 11 is 0.933. The normalized spacial score (nSPS) is 16.1. The minimum Gasteiger partial charge on any atom is -0.505 e. The number of carbonyl (C=O) groups is 3. The maximum Gasteiger partial charge on any atom is 0.350 e. The smallest absolute Gasteiger partial charge is 0.350 e. The molecule has 4 aromatic rings. The summed E-state index contributed by atoms with van der Waals surface area (Å²) in [5.41, 5.74) is 2.02. The number of anilines is 1. The van der Waals surface area contributed by atoms with E-state index in [0.717, 1.165) is 30.6 Å². The molecule has 1 fully saturated rings. The largest absolute Gasteiger partial charge is 0.505 e. The number of ether oxygens (including phenoxy) is 3. The Morgan fingerprint density at radius 1 is 1.02 bits per heavy atom. The first-order valence-electron chi connectivity index (χ1n) is 14.4. The van der Waals surface area contributed by atoms with E-state index in [2.05, 4.69) is 16.9 Å². The summed E-state index contributed by atoms with van der Waals surface area (Å²) < 4.78 is 18.5. The highest BCUT2D eigenvalue weighted by atomic mass is 32.1. The van der Waals surface area contributed by atoms with Crippen LogP contribution in [0.2, 0.25) is 0 Å². The van der Waals surface area contributed by atoms with Crippen LogP contribution in [0.1, 0.15) is 71.5 Å². The highest BCUT2D eigenvalue weighted by Crippen LogP contribution is 2.46. The van der Waals surface area contributed by atoms with Crippen LogP contribution in [0.15, 0.2) is 48.2 Å². The van der Waals surface area contributed by atoms with Gasteiger partial charge in [-0.05, 0) is 57.0 Å². The lowest BCUT2D eigenvalue weighted by molar-refractivity contribution is -0.132. The van der Waals surface area contributed by atoms with Crippen molar-refractivity contribution in [1.29, 1.82) is 0 Å². The zero-order valence-corrected chi connectivity index (χ0v) is 26.1. The molecule has 0 saturated carbocycles. The van der Waals surface area contributed by atoms with Crippen LogP contribution in [0.5, 0.6) is 11.5 Å². The number of unbranched alkanes of at least 4 members (excludes halogenated alkanes) is 2. The van der Waals surface area contributed by atoms with Gasteiger partial charge in [0.05, 0.1) is 43.3 Å². The summed E-state index contributed by atoms with van der Waals surface area (Å²) in [6.45, 7) is 8.16. The van der Waals surface area contributed by atoms with Crippen LogP contribution >= 0.6 is 11.3 Å². The summed E-state index contributed by atoms with van der Waals surface area (Å²) in [7, 11) is 1.26. The summed E-state index contributed by atoms with van der Waals surface area (Å²) in [4.78, 5) is 50.4. The highest BCUT2D eigenvalue weighted by molar-refractivity contribution is 7.17. The molecule has 1 aliphatic heterocycles. The van der Waals surface area contributed by atoms with Gasteiger partial charge >= 0.3 is 11.9 Å². The van der Waals surface area contributed by atoms with Crippen molar-refractivity contribution in [1.82, 2.24) is 14.4 Å². The van der Waals surface area contributed by atoms with E-state index in [1.807, 2.05) is 13.0 Å². The van der Waals surface area contributed by atoms with E-state index >= 15 is 0 Å². The van der Waals surface area contributed by atoms with Gasteiger partial charge in [0.2, 0.25) is 0 Å². The maximum atomic E-state index is 13.8. The number of aromatic nitrogens is 3. The van der Waals surface area contributed by atoms with E-state index in [4.69, 9.17) is 14.2 Å². The summed E-state index contributed by atoms with van der Waals surface area (Å²) in [5.74, 6) is -1.83. The number of ketones is 1. The third kappa shape index (κ3) is 5.52. The number of nitrogens with zero attached hydrogens (tertiary/aromatic N) is 4. The third-order valence-corrected chi connectivity index (χ3v) is 8.46. The van der Waals surface area contributed by atoms with Crippen molar-refractivity contribution in [2.45, 2.75) is 53.0 Å². The van der Waals surface area contributed by atoms with Crippen molar-refractivity contribution in [3.63, 3.8) is 0 Å². The van der Waals surface area contributed by atoms with Crippen molar-refractivity contribution in [2.75, 3.05) is 25.2 Å². The first kappa shape index (κ1) is 30.7. The number of aliphatic hydroxyl groups excluding tert-OH is 1. The molecule has 0 bridgehead atoms. The Balaban J connectivity index is 1.71. The molecule has 1 unspecified atom stereocenters. The minimum absolute atomic E-state index is 0.113. The fourth-order valence-corrected chi connectivity index (χ4v) is 6.27. The van der Waals surface area contributed by atoms with E-state index in [9.17, 15) is 19.5 Å². The number of pyridine rings is 1. The van der Waals surface area contributed by atoms with Crippen molar-refractivity contribution in [3.8, 4) is 11.5 Å². The van der Waals surface area contributed by atoms with Gasteiger partial charge in [-0.25, -0.2) is 14.8 Å². The average molecular weight is 619 g/mol. The number of Topliss-reactive ketones (excluding diaryl/α,β-unsaturated/α-hetero) is 1. The maximum absolute atomic E-state index is 13.8. The van der Waals surface area contributed by atoms with Crippen LogP contribution in [0.25, 0.3) is 11.4 Å². The topological polar surface area (TPSA) is 133 Å². The molecule has 230 valence electrons. The molecule has 1 amide bonds. The Morgan fingerprint density at radius 3 is 2.55 bits per heavy atom. The van der Waals surface area contributed by atoms with Crippen molar-refractivity contribution in [3.05, 3.63) is 75.7 Å². The predicted molar refractivity (Wildman–Crippen MR) is 166 cm³/mol. The number of methoxy groups -OCH3 is 1. The number of aryl methyl sites for hydroxylation is 2. The first-order chi connectivity index (χ1) is 21.2. The Bertz CT molecular complexity index is 1770. The van der Waals surface area contributed by atoms with Gasteiger partial charge < -0.3 is 19.3 Å². The van der Waals surface area contributed by atoms with Gasteiger partial charge in [-0.1, -0.05) is 43.2 Å². The molecule has 1 atom stereocenters. The molecule has 0 aliphatic carbocycles. The van der Waals surface area contributed by atoms with Crippen LogP contribution in [-0.4, -0.2) is 57.5 Å². The second-order valence-electron chi connectivity index (χ2n) is 10.2. The number of hydrogen-bond acceptors (Lipinski definition) is 10. The number of carbonyl (C=O) groups excluding carboxylic acids is 3. The number of thiazole rings is 1. The summed E-state index contributed by atoms with van der Waals surface area (Å²) in [6.07, 6.45) is 4.69. The third-order valence-electron chi connectivity index (χ3n) is 7.32. The van der Waals surface area contributed by atoms with Crippen LogP contribution in [0, 0.1) is 13.8 Å². The van der Waals surface area contributed by atoms with Gasteiger partial charge in [0, 0.05) is 6.20 Å². The number of hydrogen-bond donors (Lipinski definition) is 1. The molecule has 0 spiro atoms. The standard InChI is InChI=1S/C32H34N4O7S/c1-6-8-11-16-43-21-14-13-20(17-22(21)42-7-2)26-24(27(37)25-18(3)33-23-12-9-10-15-35(23)25)28(38)30(39)36(26)32-34-19(4)29(44-32)31(40)41-5/h9-10,12-15,17,26,37H,6-8,11,16H2,1-5H3. The fraction of sp³-hybridized carbons (Fsp3) is 0.344. The zero-order chi connectivity index (χ0) is 31.5. The zero-order valence-electron chi connectivity index (χ0n) is 25.2. The van der Waals surface area contributed by atoms with Crippen molar-refractivity contribution >= 4 is 45.5 Å². The first-order valence-corrected chi connectivity index (χ1v) is 15.2. The van der Waals surface area contributed by atoms with Gasteiger partial charge in [-0.2, -0.15) is 0 Å². The second kappa shape index (κ2) is 12.9. The van der Waals surface area contributed by atoms with Gasteiger partial charge in [-0.3, -0.25) is 18.9 Å². The monoisotopic (exact) mass is 618 g/mol. The summed E-state index contributed by atoms with van der Waals surface area (Å²) in [6, 6.07) is 9.44. The molecular formula is C32H34N4O7S. The lowest BCUT2D eigenvalue weighted by atomic mass is 9.96. The van der Waals surface area contributed by atoms with Gasteiger partial charge in [-0.15, -0.1) is 0 Å². The average Bonchev–Trinajstić information content (AvgIpc) is 3.65. The highest BCUT2D eigenvalue weighted by Gasteiger charge is 2.49. The fourth-order valence-electron chi connectivity index (χ4n) is 5.26. The number of esters is 1. The number of imidazole rings is 1. The Labute approximate surface area is 258 Å². The molecular weight excluding hydrogens is 584 g/mol. The molecule has 4 heterocycles. The molecule has 44 heavy (non-hydrogen) atoms.